The summed E-state index contributed by atoms with van der Waals surface area (Å²) in [6, 6.07) is 6.77. The van der Waals surface area contributed by atoms with Crippen molar-refractivity contribution < 1.29 is 0 Å². The topological polar surface area (TPSA) is 0 Å². The molecule has 1 atom stereocenters. The quantitative estimate of drug-likeness (QED) is 0.677. The Morgan fingerprint density at radius 3 is 2.61 bits per heavy atom. The second-order valence-electron chi connectivity index (χ2n) is 5.30. The van der Waals surface area contributed by atoms with Crippen LogP contribution in [0.5, 0.6) is 0 Å². The smallest absolute Gasteiger partial charge is 0.0328 e. The summed E-state index contributed by atoms with van der Waals surface area (Å²) in [5.74, 6) is 0. The first-order chi connectivity index (χ1) is 8.56. The number of benzene rings is 1. The van der Waals surface area contributed by atoms with Crippen molar-refractivity contribution in [2.24, 2.45) is 0 Å². The predicted molar refractivity (Wildman–Crippen MR) is 81.7 cm³/mol. The third kappa shape index (κ3) is 1.78. The van der Waals surface area contributed by atoms with Crippen LogP contribution in [-0.4, -0.2) is 5.25 Å². The maximum absolute atomic E-state index is 2.34. The van der Waals surface area contributed by atoms with Crippen LogP contribution in [0.2, 0.25) is 0 Å². The van der Waals surface area contributed by atoms with Crippen molar-refractivity contribution in [1.82, 2.24) is 0 Å². The highest BCUT2D eigenvalue weighted by atomic mass is 32.2. The van der Waals surface area contributed by atoms with Gasteiger partial charge in [-0.25, -0.2) is 0 Å². The van der Waals surface area contributed by atoms with Crippen molar-refractivity contribution in [3.8, 4) is 0 Å². The highest BCUT2D eigenvalue weighted by Gasteiger charge is 2.29. The molecule has 1 aliphatic heterocycles. The molecule has 0 N–H and O–H groups in total. The lowest BCUT2D eigenvalue weighted by molar-refractivity contribution is 1.24. The zero-order valence-corrected chi connectivity index (χ0v) is 12.2. The summed E-state index contributed by atoms with van der Waals surface area (Å²) in [4.78, 5) is 1.45. The molecule has 0 nitrogen and oxygen atoms in total. The van der Waals surface area contributed by atoms with Gasteiger partial charge in [0.15, 0.2) is 0 Å². The molecular formula is C17H18S. The van der Waals surface area contributed by atoms with E-state index in [1.165, 1.54) is 38.3 Å². The van der Waals surface area contributed by atoms with Gasteiger partial charge in [0.1, 0.15) is 0 Å². The normalized spacial score (nSPS) is 22.1. The highest BCUT2D eigenvalue weighted by Crippen LogP contribution is 2.50. The maximum atomic E-state index is 2.34. The molecule has 1 unspecified atom stereocenters. The van der Waals surface area contributed by atoms with Crippen LogP contribution < -0.4 is 0 Å². The first kappa shape index (κ1) is 11.9. The van der Waals surface area contributed by atoms with Crippen molar-refractivity contribution in [3.05, 3.63) is 63.1 Å². The number of hydrogen-bond donors (Lipinski definition) is 0. The van der Waals surface area contributed by atoms with Crippen LogP contribution in [0, 0.1) is 13.8 Å². The van der Waals surface area contributed by atoms with Gasteiger partial charge >= 0.3 is 0 Å². The number of fused-ring (bicyclic) bond motifs is 1. The van der Waals surface area contributed by atoms with E-state index in [9.17, 15) is 0 Å². The summed E-state index contributed by atoms with van der Waals surface area (Å²) in [6.07, 6.45) is 4.65. The molecule has 0 spiro atoms. The van der Waals surface area contributed by atoms with Gasteiger partial charge in [0, 0.05) is 10.2 Å². The van der Waals surface area contributed by atoms with Gasteiger partial charge in [0.05, 0.1) is 0 Å². The SMILES string of the molecule is CC1=CC2=C(c3cc(C)ccc3C)C(C)SC2=C1. The Balaban J connectivity index is 2.22. The number of thioether (sulfide) groups is 1. The molecule has 1 aromatic carbocycles. The summed E-state index contributed by atoms with van der Waals surface area (Å²) in [6.45, 7) is 8.89. The fourth-order valence-corrected chi connectivity index (χ4v) is 4.09. The van der Waals surface area contributed by atoms with Crippen LogP contribution in [0.3, 0.4) is 0 Å². The van der Waals surface area contributed by atoms with E-state index in [0.717, 1.165) is 0 Å². The van der Waals surface area contributed by atoms with Crippen molar-refractivity contribution in [2.75, 3.05) is 0 Å². The second kappa shape index (κ2) is 4.17. The molecule has 0 fully saturated rings. The van der Waals surface area contributed by atoms with E-state index in [0.29, 0.717) is 5.25 Å². The zero-order valence-electron chi connectivity index (χ0n) is 11.4. The molecule has 1 aliphatic carbocycles. The molecule has 0 radical (unpaired) electrons. The van der Waals surface area contributed by atoms with Crippen LogP contribution >= 0.6 is 11.8 Å². The molecule has 18 heavy (non-hydrogen) atoms. The minimum absolute atomic E-state index is 0.566. The molecular weight excluding hydrogens is 236 g/mol. The third-order valence-corrected chi connectivity index (χ3v) is 4.86. The van der Waals surface area contributed by atoms with E-state index in [4.69, 9.17) is 0 Å². The number of rotatable bonds is 1. The van der Waals surface area contributed by atoms with Gasteiger partial charge in [-0.05, 0) is 61.6 Å². The van der Waals surface area contributed by atoms with E-state index >= 15 is 0 Å². The second-order valence-corrected chi connectivity index (χ2v) is 6.69. The lowest BCUT2D eigenvalue weighted by atomic mass is 9.93. The van der Waals surface area contributed by atoms with Crippen LogP contribution in [0.1, 0.15) is 30.5 Å². The van der Waals surface area contributed by atoms with Gasteiger partial charge in [0.25, 0.3) is 0 Å². The molecule has 92 valence electrons. The minimum atomic E-state index is 0.566. The van der Waals surface area contributed by atoms with Crippen molar-refractivity contribution in [2.45, 2.75) is 32.9 Å². The highest BCUT2D eigenvalue weighted by molar-refractivity contribution is 8.04. The standard InChI is InChI=1S/C17H18S/c1-10-5-6-12(3)14(7-10)17-13(4)18-16-9-11(2)8-15(16)17/h5-9,13H,1-4H3. The van der Waals surface area contributed by atoms with E-state index < -0.39 is 0 Å². The van der Waals surface area contributed by atoms with E-state index in [1.54, 1.807) is 0 Å². The molecule has 0 bridgehead atoms. The summed E-state index contributed by atoms with van der Waals surface area (Å²) in [5, 5.41) is 0.566. The predicted octanol–water partition coefficient (Wildman–Crippen LogP) is 5.04. The Hall–Kier alpha value is -1.21. The maximum Gasteiger partial charge on any atom is 0.0328 e. The van der Waals surface area contributed by atoms with Gasteiger partial charge in [0.2, 0.25) is 0 Å². The Morgan fingerprint density at radius 1 is 1.06 bits per heavy atom. The van der Waals surface area contributed by atoms with Crippen molar-refractivity contribution in [1.29, 1.82) is 0 Å². The summed E-state index contributed by atoms with van der Waals surface area (Å²) >= 11 is 1.99. The largest absolute Gasteiger partial charge is 0.118 e. The first-order valence-electron chi connectivity index (χ1n) is 6.45. The van der Waals surface area contributed by atoms with Gasteiger partial charge in [-0.3, -0.25) is 0 Å². The van der Waals surface area contributed by atoms with Crippen molar-refractivity contribution in [3.63, 3.8) is 0 Å². The number of aryl methyl sites for hydroxylation is 2. The fourth-order valence-electron chi connectivity index (χ4n) is 2.79. The van der Waals surface area contributed by atoms with Crippen LogP contribution in [0.15, 0.2) is 46.4 Å². The van der Waals surface area contributed by atoms with Crippen LogP contribution in [0.25, 0.3) is 5.57 Å². The molecule has 3 rings (SSSR count). The lowest BCUT2D eigenvalue weighted by Crippen LogP contribution is -1.99. The molecule has 0 amide bonds. The molecule has 1 aromatic rings. The van der Waals surface area contributed by atoms with E-state index in [-0.39, 0.29) is 0 Å². The molecule has 0 saturated heterocycles. The van der Waals surface area contributed by atoms with Gasteiger partial charge in [-0.15, -0.1) is 11.8 Å². The zero-order chi connectivity index (χ0) is 12.9. The van der Waals surface area contributed by atoms with Crippen molar-refractivity contribution >= 4 is 17.3 Å². The monoisotopic (exact) mass is 254 g/mol. The average Bonchev–Trinajstić information content (AvgIpc) is 2.77. The molecule has 2 aliphatic rings. The van der Waals surface area contributed by atoms with E-state index in [2.05, 4.69) is 58.0 Å². The molecule has 1 heteroatoms. The van der Waals surface area contributed by atoms with Gasteiger partial charge in [-0.2, -0.15) is 0 Å². The average molecular weight is 254 g/mol. The minimum Gasteiger partial charge on any atom is -0.118 e. The number of allylic oxidation sites excluding steroid dienone is 4. The molecule has 1 heterocycles. The Bertz CT molecular complexity index is 614. The molecule has 0 aromatic heterocycles. The fraction of sp³-hybridized carbons (Fsp3) is 0.294. The van der Waals surface area contributed by atoms with Crippen LogP contribution in [-0.2, 0) is 0 Å². The number of hydrogen-bond acceptors (Lipinski definition) is 1. The van der Waals surface area contributed by atoms with Gasteiger partial charge < -0.3 is 0 Å². The Morgan fingerprint density at radius 2 is 1.83 bits per heavy atom. The molecule has 0 saturated carbocycles. The Labute approximate surface area is 113 Å². The van der Waals surface area contributed by atoms with Crippen LogP contribution in [0.4, 0.5) is 0 Å². The third-order valence-electron chi connectivity index (χ3n) is 3.68. The summed E-state index contributed by atoms with van der Waals surface area (Å²) in [7, 11) is 0. The first-order valence-corrected chi connectivity index (χ1v) is 7.33. The Kier molecular flexibility index (Phi) is 2.74. The van der Waals surface area contributed by atoms with E-state index in [1.807, 2.05) is 11.8 Å². The van der Waals surface area contributed by atoms with Gasteiger partial charge in [-0.1, -0.05) is 29.8 Å². The summed E-state index contributed by atoms with van der Waals surface area (Å²) < 4.78 is 0. The lowest BCUT2D eigenvalue weighted by Gasteiger charge is -2.13. The summed E-state index contributed by atoms with van der Waals surface area (Å²) in [5.41, 5.74) is 8.51.